The van der Waals surface area contributed by atoms with E-state index in [0.29, 0.717) is 20.0 Å². The molecule has 0 heterocycles. The Kier molecular flexibility index (Phi) is 16.1. The van der Waals surface area contributed by atoms with Crippen LogP contribution in [0.25, 0.3) is 0 Å². The van der Waals surface area contributed by atoms with E-state index in [9.17, 15) is 0 Å². The van der Waals surface area contributed by atoms with Crippen LogP contribution in [0, 0.1) is 5.92 Å². The van der Waals surface area contributed by atoms with Crippen LogP contribution in [0.4, 0.5) is 0 Å². The molecule has 5 nitrogen and oxygen atoms in total. The van der Waals surface area contributed by atoms with E-state index in [4.69, 9.17) is 23.7 Å². The van der Waals surface area contributed by atoms with E-state index < -0.39 is 5.97 Å². The number of hydrogen-bond donors (Lipinski definition) is 0. The van der Waals surface area contributed by atoms with Crippen molar-refractivity contribution < 1.29 is 23.7 Å². The van der Waals surface area contributed by atoms with Gasteiger partial charge in [-0.15, -0.1) is 0 Å². The van der Waals surface area contributed by atoms with Crippen molar-refractivity contribution >= 4 is 0 Å². The van der Waals surface area contributed by atoms with Gasteiger partial charge in [-0.3, -0.25) is 0 Å². The molecule has 0 aromatic carbocycles. The first-order valence-electron chi connectivity index (χ1n) is 9.51. The minimum absolute atomic E-state index is 0.194. The average molecular weight is 349 g/mol. The lowest BCUT2D eigenvalue weighted by Gasteiger charge is -2.36. The molecule has 146 valence electrons. The Bertz CT molecular complexity index is 232. The Balaban J connectivity index is 4.28. The van der Waals surface area contributed by atoms with Crippen LogP contribution in [0.1, 0.15) is 71.6 Å². The molecular weight excluding hydrogens is 308 g/mol. The zero-order valence-corrected chi connectivity index (χ0v) is 16.6. The zero-order chi connectivity index (χ0) is 18.1. The lowest BCUT2D eigenvalue weighted by Crippen LogP contribution is -2.44. The van der Waals surface area contributed by atoms with Crippen LogP contribution in [-0.2, 0) is 23.7 Å². The van der Waals surface area contributed by atoms with Gasteiger partial charge < -0.3 is 23.7 Å². The Morgan fingerprint density at radius 3 is 1.88 bits per heavy atom. The van der Waals surface area contributed by atoms with Gasteiger partial charge in [0.15, 0.2) is 0 Å². The van der Waals surface area contributed by atoms with Crippen molar-refractivity contribution in [2.75, 3.05) is 41.3 Å². The molecule has 1 unspecified atom stereocenters. The molecule has 0 aliphatic rings. The lowest BCUT2D eigenvalue weighted by molar-refractivity contribution is -0.380. The highest BCUT2D eigenvalue weighted by molar-refractivity contribution is 4.71. The van der Waals surface area contributed by atoms with Crippen LogP contribution in [0.15, 0.2) is 0 Å². The van der Waals surface area contributed by atoms with Crippen LogP contribution >= 0.6 is 0 Å². The largest absolute Gasteiger partial charge is 0.356 e. The molecule has 0 spiro atoms. The highest BCUT2D eigenvalue weighted by Gasteiger charge is 2.39. The van der Waals surface area contributed by atoms with Crippen molar-refractivity contribution in [3.63, 3.8) is 0 Å². The van der Waals surface area contributed by atoms with Gasteiger partial charge in [0.1, 0.15) is 6.79 Å². The Hall–Kier alpha value is -0.200. The van der Waals surface area contributed by atoms with E-state index in [1.165, 1.54) is 38.5 Å². The highest BCUT2D eigenvalue weighted by Crippen LogP contribution is 2.32. The molecule has 0 radical (unpaired) electrons. The van der Waals surface area contributed by atoms with Crippen molar-refractivity contribution in [1.29, 1.82) is 0 Å². The second-order valence-corrected chi connectivity index (χ2v) is 6.13. The van der Waals surface area contributed by atoms with Crippen molar-refractivity contribution in [3.05, 3.63) is 0 Å². The lowest BCUT2D eigenvalue weighted by atomic mass is 9.93. The Labute approximate surface area is 149 Å². The molecule has 0 bridgehead atoms. The first-order chi connectivity index (χ1) is 11.7. The molecule has 0 fully saturated rings. The van der Waals surface area contributed by atoms with Gasteiger partial charge in [-0.2, -0.15) is 0 Å². The summed E-state index contributed by atoms with van der Waals surface area (Å²) in [5.41, 5.74) is 0. The number of unbranched alkanes of at least 4 members (excludes halogenated alkanes) is 5. The van der Waals surface area contributed by atoms with E-state index in [-0.39, 0.29) is 5.92 Å². The summed E-state index contributed by atoms with van der Waals surface area (Å²) >= 11 is 0. The maximum absolute atomic E-state index is 5.58. The molecule has 0 rings (SSSR count). The molecule has 24 heavy (non-hydrogen) atoms. The second-order valence-electron chi connectivity index (χ2n) is 6.13. The number of rotatable bonds is 18. The quantitative estimate of drug-likeness (QED) is 0.264. The summed E-state index contributed by atoms with van der Waals surface area (Å²) in [7, 11) is 4.94. The Morgan fingerprint density at radius 2 is 1.29 bits per heavy atom. The second kappa shape index (κ2) is 16.3. The summed E-state index contributed by atoms with van der Waals surface area (Å²) in [5.74, 6) is -0.761. The molecule has 0 amide bonds. The van der Waals surface area contributed by atoms with Gasteiger partial charge in [0.05, 0.1) is 0 Å². The maximum Gasteiger partial charge on any atom is 0.285 e. The van der Waals surface area contributed by atoms with E-state index >= 15 is 0 Å². The summed E-state index contributed by atoms with van der Waals surface area (Å²) in [6, 6.07) is 0. The van der Waals surface area contributed by atoms with Crippen molar-refractivity contribution in [2.24, 2.45) is 5.92 Å². The standard InChI is InChI=1S/C19H40O5/c1-6-8-9-10-11-12-14-18(19(20-3,21-4)22-5)15-13-16-24-17-23-7-2/h18H,6-17H2,1-5H3. The van der Waals surface area contributed by atoms with Gasteiger partial charge >= 0.3 is 0 Å². The predicted octanol–water partition coefficient (Wildman–Crippen LogP) is 4.74. The van der Waals surface area contributed by atoms with Gasteiger partial charge in [0.2, 0.25) is 0 Å². The Morgan fingerprint density at radius 1 is 0.708 bits per heavy atom. The monoisotopic (exact) mass is 348 g/mol. The number of methoxy groups -OCH3 is 3. The summed E-state index contributed by atoms with van der Waals surface area (Å²) in [6.07, 6.45) is 10.6. The molecular formula is C19H40O5. The summed E-state index contributed by atoms with van der Waals surface area (Å²) in [5, 5.41) is 0. The topological polar surface area (TPSA) is 46.2 Å². The van der Waals surface area contributed by atoms with Gasteiger partial charge in [-0.25, -0.2) is 0 Å². The third-order valence-corrected chi connectivity index (χ3v) is 4.47. The van der Waals surface area contributed by atoms with Gasteiger partial charge in [-0.05, 0) is 26.2 Å². The first-order valence-corrected chi connectivity index (χ1v) is 9.51. The van der Waals surface area contributed by atoms with Crippen molar-refractivity contribution in [2.45, 2.75) is 77.6 Å². The molecule has 0 saturated heterocycles. The fraction of sp³-hybridized carbons (Fsp3) is 1.00. The van der Waals surface area contributed by atoms with E-state index in [1.807, 2.05) is 6.92 Å². The number of hydrogen-bond acceptors (Lipinski definition) is 5. The van der Waals surface area contributed by atoms with Crippen LogP contribution in [-0.4, -0.2) is 47.3 Å². The molecule has 0 saturated carbocycles. The molecule has 0 aromatic heterocycles. The van der Waals surface area contributed by atoms with Crippen LogP contribution in [0.2, 0.25) is 0 Å². The van der Waals surface area contributed by atoms with E-state index in [1.54, 1.807) is 21.3 Å². The van der Waals surface area contributed by atoms with E-state index in [2.05, 4.69) is 6.92 Å². The molecule has 0 N–H and O–H groups in total. The zero-order valence-electron chi connectivity index (χ0n) is 16.6. The normalized spacial score (nSPS) is 13.4. The van der Waals surface area contributed by atoms with Gasteiger partial charge in [0, 0.05) is 40.5 Å². The molecule has 0 aliphatic carbocycles. The highest BCUT2D eigenvalue weighted by atomic mass is 16.9. The van der Waals surface area contributed by atoms with Gasteiger partial charge in [0.25, 0.3) is 5.97 Å². The molecule has 1 atom stereocenters. The smallest absolute Gasteiger partial charge is 0.285 e. The third kappa shape index (κ3) is 9.94. The average Bonchev–Trinajstić information content (AvgIpc) is 2.62. The summed E-state index contributed by atoms with van der Waals surface area (Å²) in [4.78, 5) is 0. The fourth-order valence-corrected chi connectivity index (χ4v) is 3.05. The van der Waals surface area contributed by atoms with Crippen molar-refractivity contribution in [3.8, 4) is 0 Å². The SMILES string of the molecule is CCCCCCCCC(CCCOCOCC)C(OC)(OC)OC. The number of ether oxygens (including phenoxy) is 5. The minimum Gasteiger partial charge on any atom is -0.356 e. The molecule has 0 aromatic rings. The molecule has 5 heteroatoms. The first kappa shape index (κ1) is 23.8. The van der Waals surface area contributed by atoms with Gasteiger partial charge in [-0.1, -0.05) is 45.4 Å². The van der Waals surface area contributed by atoms with Crippen LogP contribution in [0.3, 0.4) is 0 Å². The van der Waals surface area contributed by atoms with Crippen LogP contribution in [0.5, 0.6) is 0 Å². The van der Waals surface area contributed by atoms with Crippen molar-refractivity contribution in [1.82, 2.24) is 0 Å². The fourth-order valence-electron chi connectivity index (χ4n) is 3.05. The van der Waals surface area contributed by atoms with Crippen LogP contribution < -0.4 is 0 Å². The minimum atomic E-state index is -0.955. The third-order valence-electron chi connectivity index (χ3n) is 4.47. The molecule has 0 aliphatic heterocycles. The summed E-state index contributed by atoms with van der Waals surface area (Å²) < 4.78 is 27.4. The predicted molar refractivity (Wildman–Crippen MR) is 96.9 cm³/mol. The summed E-state index contributed by atoms with van der Waals surface area (Å²) in [6.45, 7) is 5.93. The maximum atomic E-state index is 5.58. The van der Waals surface area contributed by atoms with E-state index in [0.717, 1.165) is 19.3 Å².